The molecule has 1 aromatic rings. The van der Waals surface area contributed by atoms with E-state index in [2.05, 4.69) is 10.0 Å². The lowest BCUT2D eigenvalue weighted by Gasteiger charge is -2.15. The molecule has 1 atom stereocenters. The molecule has 2 N–H and O–H groups in total. The van der Waals surface area contributed by atoms with E-state index < -0.39 is 38.0 Å². The summed E-state index contributed by atoms with van der Waals surface area (Å²) in [7, 11) is -4.10. The molecule has 0 aromatic heterocycles. The fourth-order valence-corrected chi connectivity index (χ4v) is 3.81. The minimum absolute atomic E-state index is 0.203. The van der Waals surface area contributed by atoms with Crippen LogP contribution in [0.5, 0.6) is 0 Å². The van der Waals surface area contributed by atoms with Gasteiger partial charge >= 0.3 is 0 Å². The van der Waals surface area contributed by atoms with Gasteiger partial charge in [-0.05, 0) is 50.7 Å². The van der Waals surface area contributed by atoms with Gasteiger partial charge in [0, 0.05) is 12.1 Å². The summed E-state index contributed by atoms with van der Waals surface area (Å²) in [5, 5.41) is 2.54. The molecule has 5 nitrogen and oxygen atoms in total. The lowest BCUT2D eigenvalue weighted by Crippen LogP contribution is -2.35. The Hall–Kier alpha value is -1.54. The smallest absolute Gasteiger partial charge is 0.257 e. The number of rotatable bonds is 6. The topological polar surface area (TPSA) is 75.3 Å². The Morgan fingerprint density at radius 1 is 1.22 bits per heavy atom. The first-order chi connectivity index (χ1) is 10.8. The van der Waals surface area contributed by atoms with E-state index in [0.29, 0.717) is 18.8 Å². The average molecular weight is 344 g/mol. The van der Waals surface area contributed by atoms with Crippen LogP contribution in [0.15, 0.2) is 17.0 Å². The fraction of sp³-hybridized carbons (Fsp3) is 0.533. The van der Waals surface area contributed by atoms with Crippen LogP contribution in [0, 0.1) is 17.6 Å². The number of benzene rings is 1. The van der Waals surface area contributed by atoms with Gasteiger partial charge in [-0.3, -0.25) is 4.79 Å². The number of carbonyl (C=O) groups is 1. The van der Waals surface area contributed by atoms with Gasteiger partial charge in [0.05, 0.1) is 0 Å². The van der Waals surface area contributed by atoms with E-state index in [0.717, 1.165) is 25.0 Å². The van der Waals surface area contributed by atoms with Crippen molar-refractivity contribution in [3.05, 3.63) is 29.3 Å². The zero-order valence-electron chi connectivity index (χ0n) is 12.6. The Labute approximate surface area is 133 Å². The highest BCUT2D eigenvalue weighted by Crippen LogP contribution is 2.32. The molecule has 23 heavy (non-hydrogen) atoms. The summed E-state index contributed by atoms with van der Waals surface area (Å²) in [4.78, 5) is 11.4. The van der Waals surface area contributed by atoms with E-state index in [1.165, 1.54) is 0 Å². The van der Waals surface area contributed by atoms with E-state index in [1.807, 2.05) is 0 Å². The molecule has 2 fully saturated rings. The maximum atomic E-state index is 14.5. The van der Waals surface area contributed by atoms with Crippen LogP contribution in [-0.4, -0.2) is 26.4 Å². The van der Waals surface area contributed by atoms with Crippen LogP contribution in [0.3, 0.4) is 0 Å². The molecule has 1 amide bonds. The molecule has 0 heterocycles. The van der Waals surface area contributed by atoms with Gasteiger partial charge in [-0.15, -0.1) is 0 Å². The van der Waals surface area contributed by atoms with Crippen molar-refractivity contribution in [2.75, 3.05) is 0 Å². The second-order valence-electron chi connectivity index (χ2n) is 6.23. The highest BCUT2D eigenvalue weighted by atomic mass is 32.2. The zero-order chi connectivity index (χ0) is 16.8. The molecule has 8 heteroatoms. The monoisotopic (exact) mass is 344 g/mol. The highest BCUT2D eigenvalue weighted by molar-refractivity contribution is 7.89. The molecule has 3 rings (SSSR count). The van der Waals surface area contributed by atoms with Gasteiger partial charge in [0.15, 0.2) is 5.82 Å². The largest absolute Gasteiger partial charge is 0.349 e. The molecular formula is C15H18F2N2O3S. The SMILES string of the molecule is C[C@@H](NC(=O)c1c(F)ccc(S(=O)(=O)NC2CC2)c1F)C1CC1. The summed E-state index contributed by atoms with van der Waals surface area (Å²) in [5.74, 6) is -3.04. The van der Waals surface area contributed by atoms with Gasteiger partial charge in [-0.25, -0.2) is 21.9 Å². The van der Waals surface area contributed by atoms with E-state index in [1.54, 1.807) is 6.92 Å². The number of carbonyl (C=O) groups excluding carboxylic acids is 1. The van der Waals surface area contributed by atoms with Crippen LogP contribution < -0.4 is 10.0 Å². The standard InChI is InChI=1S/C15H18F2N2O3S/c1-8(9-2-3-9)18-15(20)13-11(16)6-7-12(14(13)17)23(21,22)19-10-4-5-10/h6-10,19H,2-5H2,1H3,(H,18,20)/t8-/m1/s1. The zero-order valence-corrected chi connectivity index (χ0v) is 13.4. The number of nitrogens with one attached hydrogen (secondary N) is 2. The third kappa shape index (κ3) is 3.53. The van der Waals surface area contributed by atoms with Crippen LogP contribution >= 0.6 is 0 Å². The molecule has 2 aliphatic carbocycles. The fourth-order valence-electron chi connectivity index (χ4n) is 2.43. The molecule has 1 aromatic carbocycles. The minimum atomic E-state index is -4.10. The number of sulfonamides is 1. The Kier molecular flexibility index (Phi) is 4.14. The Balaban J connectivity index is 1.90. The van der Waals surface area contributed by atoms with Crippen LogP contribution in [0.4, 0.5) is 8.78 Å². The predicted octanol–water partition coefficient (Wildman–Crippen LogP) is 1.93. The average Bonchev–Trinajstić information content (AvgIpc) is 3.32. The molecule has 126 valence electrons. The van der Waals surface area contributed by atoms with Crippen LogP contribution in [0.2, 0.25) is 0 Å². The van der Waals surface area contributed by atoms with E-state index in [9.17, 15) is 22.0 Å². The number of amides is 1. The van der Waals surface area contributed by atoms with Gasteiger partial charge in [0.1, 0.15) is 16.3 Å². The molecule has 0 bridgehead atoms. The molecular weight excluding hydrogens is 326 g/mol. The first kappa shape index (κ1) is 16.3. The Morgan fingerprint density at radius 3 is 2.43 bits per heavy atom. The lowest BCUT2D eigenvalue weighted by atomic mass is 10.1. The lowest BCUT2D eigenvalue weighted by molar-refractivity contribution is 0.0926. The van der Waals surface area contributed by atoms with Crippen molar-refractivity contribution in [1.29, 1.82) is 0 Å². The summed E-state index contributed by atoms with van der Waals surface area (Å²) < 4.78 is 55.0. The van der Waals surface area contributed by atoms with Crippen molar-refractivity contribution in [2.45, 2.75) is 49.6 Å². The molecule has 2 aliphatic rings. The molecule has 2 saturated carbocycles. The quantitative estimate of drug-likeness (QED) is 0.828. The second-order valence-corrected chi connectivity index (χ2v) is 7.91. The van der Waals surface area contributed by atoms with Crippen LogP contribution in [0.1, 0.15) is 43.0 Å². The van der Waals surface area contributed by atoms with Gasteiger partial charge in [-0.1, -0.05) is 0 Å². The van der Waals surface area contributed by atoms with Crippen LogP contribution in [0.25, 0.3) is 0 Å². The Bertz CT molecular complexity index is 743. The molecule has 0 spiro atoms. The molecule has 0 saturated heterocycles. The first-order valence-electron chi connectivity index (χ1n) is 7.61. The molecule has 0 unspecified atom stereocenters. The number of hydrogen-bond acceptors (Lipinski definition) is 3. The molecule has 0 radical (unpaired) electrons. The summed E-state index contributed by atoms with van der Waals surface area (Å²) in [6, 6.07) is 1.24. The summed E-state index contributed by atoms with van der Waals surface area (Å²) in [6.45, 7) is 1.76. The third-order valence-corrected chi connectivity index (χ3v) is 5.70. The van der Waals surface area contributed by atoms with Gasteiger partial charge < -0.3 is 5.32 Å². The van der Waals surface area contributed by atoms with Crippen molar-refractivity contribution in [3.63, 3.8) is 0 Å². The normalized spacial score (nSPS) is 19.4. The summed E-state index contributed by atoms with van der Waals surface area (Å²) in [5.41, 5.74) is -0.851. The van der Waals surface area contributed by atoms with Crippen molar-refractivity contribution >= 4 is 15.9 Å². The summed E-state index contributed by atoms with van der Waals surface area (Å²) >= 11 is 0. The maximum Gasteiger partial charge on any atom is 0.257 e. The van der Waals surface area contributed by atoms with Crippen molar-refractivity contribution in [3.8, 4) is 0 Å². The van der Waals surface area contributed by atoms with Gasteiger partial charge in [-0.2, -0.15) is 0 Å². The van der Waals surface area contributed by atoms with E-state index in [-0.39, 0.29) is 12.1 Å². The van der Waals surface area contributed by atoms with Crippen LogP contribution in [-0.2, 0) is 10.0 Å². The summed E-state index contributed by atoms with van der Waals surface area (Å²) in [6.07, 6.45) is 3.31. The third-order valence-electron chi connectivity index (χ3n) is 4.16. The maximum absolute atomic E-state index is 14.5. The Morgan fingerprint density at radius 2 is 1.87 bits per heavy atom. The van der Waals surface area contributed by atoms with Crippen molar-refractivity contribution < 1.29 is 22.0 Å². The van der Waals surface area contributed by atoms with Crippen molar-refractivity contribution in [1.82, 2.24) is 10.0 Å². The van der Waals surface area contributed by atoms with E-state index >= 15 is 0 Å². The van der Waals surface area contributed by atoms with Gasteiger partial charge in [0.2, 0.25) is 10.0 Å². The number of hydrogen-bond donors (Lipinski definition) is 2. The van der Waals surface area contributed by atoms with Gasteiger partial charge in [0.25, 0.3) is 5.91 Å². The van der Waals surface area contributed by atoms with E-state index in [4.69, 9.17) is 0 Å². The predicted molar refractivity (Wildman–Crippen MR) is 79.4 cm³/mol. The highest BCUT2D eigenvalue weighted by Gasteiger charge is 2.34. The minimum Gasteiger partial charge on any atom is -0.349 e. The second kappa shape index (κ2) is 5.83. The first-order valence-corrected chi connectivity index (χ1v) is 9.09. The number of halogens is 2. The van der Waals surface area contributed by atoms with Crippen molar-refractivity contribution in [2.24, 2.45) is 5.92 Å². The molecule has 0 aliphatic heterocycles.